The number of nitrogens with zero attached hydrogens (tertiary/aromatic N) is 1. The van der Waals surface area contributed by atoms with Crippen LogP contribution in [0.3, 0.4) is 0 Å². The van der Waals surface area contributed by atoms with Crippen molar-refractivity contribution in [2.24, 2.45) is 10.9 Å². The van der Waals surface area contributed by atoms with E-state index in [1.807, 2.05) is 0 Å². The smallest absolute Gasteiger partial charge is 0.332 e. The molecule has 0 saturated heterocycles. The van der Waals surface area contributed by atoms with Crippen LogP contribution in [0.15, 0.2) is 5.16 Å². The zero-order valence-corrected chi connectivity index (χ0v) is 8.80. The number of carbonyl (C=O) groups is 1. The molecule has 0 aliphatic heterocycles. The van der Waals surface area contributed by atoms with E-state index in [0.717, 1.165) is 0 Å². The average molecular weight is 276 g/mol. The molecular formula is C4H9IN2O2S. The molecule has 60 valence electrons. The second-order valence-corrected chi connectivity index (χ2v) is 2.04. The molecule has 0 rings (SSSR count). The summed E-state index contributed by atoms with van der Waals surface area (Å²) in [5, 5.41) is 3.49. The van der Waals surface area contributed by atoms with E-state index in [1.165, 1.54) is 18.7 Å². The van der Waals surface area contributed by atoms with Crippen LogP contribution in [0.5, 0.6) is 0 Å². The van der Waals surface area contributed by atoms with Gasteiger partial charge in [0.2, 0.25) is 0 Å². The number of rotatable bonds is 1. The first kappa shape index (κ1) is 12.7. The van der Waals surface area contributed by atoms with Crippen LogP contribution in [0.1, 0.15) is 6.92 Å². The third-order valence-corrected chi connectivity index (χ3v) is 0.966. The van der Waals surface area contributed by atoms with E-state index in [-0.39, 0.29) is 29.1 Å². The van der Waals surface area contributed by atoms with Crippen molar-refractivity contribution in [1.82, 2.24) is 0 Å². The molecule has 0 saturated carbocycles. The Hall–Kier alpha value is 0.0200. The molecule has 0 amide bonds. The normalized spacial score (nSPS) is 10.0. The second-order valence-electron chi connectivity index (χ2n) is 1.22. The monoisotopic (exact) mass is 276 g/mol. The van der Waals surface area contributed by atoms with Crippen molar-refractivity contribution < 1.29 is 9.63 Å². The lowest BCUT2D eigenvalue weighted by Crippen LogP contribution is -2.07. The second kappa shape index (κ2) is 7.13. The standard InChI is InChI=1S/C4H8N2O2S.HI/c1-3(7)8-6-4(5)9-2;/h1-2H3,(H2,5,6);1H. The molecule has 0 aromatic rings. The first-order chi connectivity index (χ1) is 4.16. The summed E-state index contributed by atoms with van der Waals surface area (Å²) in [5.74, 6) is -0.466. The van der Waals surface area contributed by atoms with E-state index in [2.05, 4.69) is 9.99 Å². The molecular weight excluding hydrogens is 267 g/mol. The third-order valence-electron chi connectivity index (χ3n) is 0.473. The highest BCUT2D eigenvalue weighted by Gasteiger charge is 1.90. The zero-order valence-electron chi connectivity index (χ0n) is 5.66. The van der Waals surface area contributed by atoms with Crippen LogP contribution < -0.4 is 5.73 Å². The summed E-state index contributed by atoms with van der Waals surface area (Å²) < 4.78 is 0. The van der Waals surface area contributed by atoms with Crippen molar-refractivity contribution in [3.8, 4) is 0 Å². The highest BCUT2D eigenvalue weighted by molar-refractivity contribution is 14.0. The van der Waals surface area contributed by atoms with Gasteiger partial charge >= 0.3 is 5.97 Å². The van der Waals surface area contributed by atoms with Crippen molar-refractivity contribution in [3.63, 3.8) is 0 Å². The van der Waals surface area contributed by atoms with Gasteiger partial charge in [-0.2, -0.15) is 0 Å². The molecule has 0 radical (unpaired) electrons. The first-order valence-electron chi connectivity index (χ1n) is 2.22. The molecule has 0 aromatic carbocycles. The molecule has 10 heavy (non-hydrogen) atoms. The van der Waals surface area contributed by atoms with Crippen LogP contribution in [-0.4, -0.2) is 17.4 Å². The molecule has 0 heterocycles. The van der Waals surface area contributed by atoms with Gasteiger partial charge in [0.15, 0.2) is 5.17 Å². The number of thioether (sulfide) groups is 1. The lowest BCUT2D eigenvalue weighted by Gasteiger charge is -1.91. The molecule has 4 nitrogen and oxygen atoms in total. The molecule has 0 aliphatic carbocycles. The highest BCUT2D eigenvalue weighted by atomic mass is 127. The predicted octanol–water partition coefficient (Wildman–Crippen LogP) is 0.760. The quantitative estimate of drug-likeness (QED) is 0.252. The van der Waals surface area contributed by atoms with Gasteiger partial charge in [0, 0.05) is 6.92 Å². The summed E-state index contributed by atoms with van der Waals surface area (Å²) in [7, 11) is 0. The number of amidine groups is 1. The molecule has 6 heteroatoms. The highest BCUT2D eigenvalue weighted by Crippen LogP contribution is 1.90. The minimum Gasteiger partial charge on any atom is -0.376 e. The van der Waals surface area contributed by atoms with E-state index in [0.29, 0.717) is 0 Å². The lowest BCUT2D eigenvalue weighted by atomic mass is 10.8. The Kier molecular flexibility index (Phi) is 9.04. The van der Waals surface area contributed by atoms with Gasteiger partial charge in [0.05, 0.1) is 0 Å². The summed E-state index contributed by atoms with van der Waals surface area (Å²) in [5.41, 5.74) is 5.16. The molecule has 0 aromatic heterocycles. The van der Waals surface area contributed by atoms with Crippen molar-refractivity contribution in [1.29, 1.82) is 0 Å². The Morgan fingerprint density at radius 2 is 2.20 bits per heavy atom. The lowest BCUT2D eigenvalue weighted by molar-refractivity contribution is -0.140. The molecule has 2 N–H and O–H groups in total. The zero-order chi connectivity index (χ0) is 7.28. The Morgan fingerprint density at radius 1 is 1.70 bits per heavy atom. The molecule has 0 fully saturated rings. The van der Waals surface area contributed by atoms with Crippen molar-refractivity contribution in [3.05, 3.63) is 0 Å². The number of carbonyl (C=O) groups excluding carboxylic acids is 1. The number of halogens is 1. The summed E-state index contributed by atoms with van der Waals surface area (Å²) in [6.45, 7) is 1.26. The minimum atomic E-state index is -0.466. The number of oxime groups is 1. The van der Waals surface area contributed by atoms with E-state index in [1.54, 1.807) is 6.26 Å². The fourth-order valence-corrected chi connectivity index (χ4v) is 0.258. The molecule has 0 spiro atoms. The third kappa shape index (κ3) is 8.02. The van der Waals surface area contributed by atoms with E-state index in [9.17, 15) is 4.79 Å². The van der Waals surface area contributed by atoms with Gasteiger partial charge in [-0.3, -0.25) is 0 Å². The minimum absolute atomic E-state index is 0. The van der Waals surface area contributed by atoms with Crippen LogP contribution in [0.4, 0.5) is 0 Å². The summed E-state index contributed by atoms with van der Waals surface area (Å²) in [6, 6.07) is 0. The number of hydrogen-bond donors (Lipinski definition) is 1. The van der Waals surface area contributed by atoms with Gasteiger partial charge in [-0.15, -0.1) is 24.0 Å². The number of hydrogen-bond acceptors (Lipinski definition) is 4. The Labute approximate surface area is 80.6 Å². The van der Waals surface area contributed by atoms with Gasteiger partial charge in [0.1, 0.15) is 0 Å². The molecule has 0 aliphatic rings. The summed E-state index contributed by atoms with van der Waals surface area (Å²) in [6.07, 6.45) is 1.74. The Bertz CT molecular complexity index is 139. The Balaban J connectivity index is 0. The van der Waals surface area contributed by atoms with Crippen LogP contribution in [0.2, 0.25) is 0 Å². The Morgan fingerprint density at radius 3 is 2.50 bits per heavy atom. The topological polar surface area (TPSA) is 64.7 Å². The fourth-order valence-electron chi connectivity index (χ4n) is 0.147. The summed E-state index contributed by atoms with van der Waals surface area (Å²) in [4.78, 5) is 14.3. The van der Waals surface area contributed by atoms with Crippen molar-refractivity contribution >= 4 is 46.9 Å². The van der Waals surface area contributed by atoms with Crippen molar-refractivity contribution in [2.45, 2.75) is 6.92 Å². The summed E-state index contributed by atoms with van der Waals surface area (Å²) >= 11 is 1.22. The maximum absolute atomic E-state index is 10.1. The van der Waals surface area contributed by atoms with E-state index >= 15 is 0 Å². The SMILES string of the molecule is CSC(N)=NOC(C)=O.I. The van der Waals surface area contributed by atoms with Gasteiger partial charge < -0.3 is 10.6 Å². The van der Waals surface area contributed by atoms with Gasteiger partial charge in [-0.25, -0.2) is 4.79 Å². The van der Waals surface area contributed by atoms with E-state index in [4.69, 9.17) is 5.73 Å². The van der Waals surface area contributed by atoms with Crippen LogP contribution >= 0.6 is 35.7 Å². The van der Waals surface area contributed by atoms with Gasteiger partial charge in [0.25, 0.3) is 0 Å². The van der Waals surface area contributed by atoms with Crippen LogP contribution in [0, 0.1) is 0 Å². The number of nitrogens with two attached hydrogens (primary N) is 1. The van der Waals surface area contributed by atoms with Crippen molar-refractivity contribution in [2.75, 3.05) is 6.26 Å². The van der Waals surface area contributed by atoms with Gasteiger partial charge in [-0.1, -0.05) is 16.9 Å². The first-order valence-corrected chi connectivity index (χ1v) is 3.44. The average Bonchev–Trinajstić information content (AvgIpc) is 1.83. The molecule has 0 atom stereocenters. The van der Waals surface area contributed by atoms with E-state index < -0.39 is 5.97 Å². The van der Waals surface area contributed by atoms with Gasteiger partial charge in [-0.05, 0) is 6.26 Å². The molecule has 0 unspecified atom stereocenters. The van der Waals surface area contributed by atoms with Crippen LogP contribution in [-0.2, 0) is 9.63 Å². The predicted molar refractivity (Wildman–Crippen MR) is 52.3 cm³/mol. The largest absolute Gasteiger partial charge is 0.376 e. The maximum atomic E-state index is 10.1. The van der Waals surface area contributed by atoms with Crippen LogP contribution in [0.25, 0.3) is 0 Å². The fraction of sp³-hybridized carbons (Fsp3) is 0.500. The maximum Gasteiger partial charge on any atom is 0.332 e. The molecule has 0 bridgehead atoms.